The van der Waals surface area contributed by atoms with Crippen LogP contribution in [0.15, 0.2) is 59.7 Å². The van der Waals surface area contributed by atoms with Gasteiger partial charge in [0.1, 0.15) is 10.6 Å². The molecular formula is C21H22N4O2S. The fraction of sp³-hybridized carbons (Fsp3) is 0.238. The number of hydrogen-bond donors (Lipinski definition) is 2. The van der Waals surface area contributed by atoms with Crippen LogP contribution in [0.5, 0.6) is 0 Å². The highest BCUT2D eigenvalue weighted by molar-refractivity contribution is 7.71. The van der Waals surface area contributed by atoms with Crippen molar-refractivity contribution in [1.82, 2.24) is 9.97 Å². The summed E-state index contributed by atoms with van der Waals surface area (Å²) < 4.78 is 5.69. The Morgan fingerprint density at radius 2 is 1.93 bits per heavy atom. The Balaban J connectivity index is 1.84. The van der Waals surface area contributed by atoms with Crippen LogP contribution in [0.2, 0.25) is 0 Å². The minimum absolute atomic E-state index is 0.300. The molecule has 0 unspecified atom stereocenters. The number of ether oxygens (including phenoxy) is 1. The molecule has 0 saturated carbocycles. The van der Waals surface area contributed by atoms with E-state index in [0.29, 0.717) is 29.2 Å². The number of hydrogen-bond acceptors (Lipinski definition) is 6. The molecule has 6 nitrogen and oxygen atoms in total. The fourth-order valence-electron chi connectivity index (χ4n) is 2.82. The van der Waals surface area contributed by atoms with Crippen LogP contribution < -0.4 is 5.43 Å². The van der Waals surface area contributed by atoms with Gasteiger partial charge in [-0.05, 0) is 38.0 Å². The van der Waals surface area contributed by atoms with Crippen LogP contribution in [-0.2, 0) is 16.0 Å². The molecule has 0 spiro atoms. The van der Waals surface area contributed by atoms with E-state index < -0.39 is 5.92 Å². The van der Waals surface area contributed by atoms with E-state index in [1.807, 2.05) is 54.6 Å². The van der Waals surface area contributed by atoms with Gasteiger partial charge in [0.25, 0.3) is 0 Å². The summed E-state index contributed by atoms with van der Waals surface area (Å²) >= 11 is 5.35. The van der Waals surface area contributed by atoms with Gasteiger partial charge in [0, 0.05) is 5.71 Å². The maximum Gasteiger partial charge on any atom is 0.315 e. The molecule has 0 aliphatic heterocycles. The first kappa shape index (κ1) is 19.7. The number of para-hydroxylation sites is 2. The summed E-state index contributed by atoms with van der Waals surface area (Å²) in [4.78, 5) is 20.1. The van der Waals surface area contributed by atoms with Gasteiger partial charge < -0.3 is 9.72 Å². The molecule has 2 aromatic carbocycles. The molecule has 1 aromatic heterocycles. The highest BCUT2D eigenvalue weighted by Gasteiger charge is 2.23. The summed E-state index contributed by atoms with van der Waals surface area (Å²) in [7, 11) is 0. The first-order valence-electron chi connectivity index (χ1n) is 9.08. The lowest BCUT2D eigenvalue weighted by Gasteiger charge is -2.16. The Bertz CT molecular complexity index is 1050. The monoisotopic (exact) mass is 394 g/mol. The van der Waals surface area contributed by atoms with E-state index in [4.69, 9.17) is 17.0 Å². The molecule has 0 bridgehead atoms. The number of rotatable bonds is 7. The van der Waals surface area contributed by atoms with Crippen LogP contribution in [-0.4, -0.2) is 28.3 Å². The predicted molar refractivity (Wildman–Crippen MR) is 114 cm³/mol. The zero-order valence-electron chi connectivity index (χ0n) is 15.8. The average molecular weight is 395 g/mol. The predicted octanol–water partition coefficient (Wildman–Crippen LogP) is 4.50. The van der Waals surface area contributed by atoms with E-state index in [1.165, 1.54) is 0 Å². The molecular weight excluding hydrogens is 372 g/mol. The van der Waals surface area contributed by atoms with Gasteiger partial charge in [-0.2, -0.15) is 5.10 Å². The van der Waals surface area contributed by atoms with Crippen LogP contribution >= 0.6 is 12.2 Å². The molecule has 0 fully saturated rings. The molecule has 144 valence electrons. The van der Waals surface area contributed by atoms with Gasteiger partial charge in [-0.15, -0.1) is 0 Å². The largest absolute Gasteiger partial charge is 0.465 e. The number of anilines is 1. The second-order valence-corrected chi connectivity index (χ2v) is 6.70. The Morgan fingerprint density at radius 1 is 1.21 bits per heavy atom. The van der Waals surface area contributed by atoms with Gasteiger partial charge in [-0.1, -0.05) is 54.7 Å². The molecule has 28 heavy (non-hydrogen) atoms. The average Bonchev–Trinajstić information content (AvgIpc) is 2.71. The lowest BCUT2D eigenvalue weighted by atomic mass is 9.95. The standard InChI is InChI=1S/C21H22N4O2S/c1-3-27-21(26)16(13-15-9-5-4-6-10-15)14(2)24-25-19-20(28)23-18-12-8-7-11-17(18)22-19/h4-12,16H,3,13H2,1-2H3,(H,22,25)(H,23,28)/b24-14+/t16-/m1/s1. The molecule has 0 amide bonds. The summed E-state index contributed by atoms with van der Waals surface area (Å²) in [6.45, 7) is 3.91. The van der Waals surface area contributed by atoms with Crippen LogP contribution in [0, 0.1) is 10.6 Å². The number of fused-ring (bicyclic) bond motifs is 1. The number of carbonyl (C=O) groups excluding carboxylic acids is 1. The van der Waals surface area contributed by atoms with E-state index in [1.54, 1.807) is 13.8 Å². The van der Waals surface area contributed by atoms with Gasteiger partial charge in [0.2, 0.25) is 0 Å². The Hall–Kier alpha value is -3.06. The van der Waals surface area contributed by atoms with Gasteiger partial charge in [0.05, 0.1) is 17.6 Å². The third-order valence-corrected chi connectivity index (χ3v) is 4.59. The number of H-pyrrole nitrogens is 1. The molecule has 1 atom stereocenters. The first-order chi connectivity index (χ1) is 13.6. The second-order valence-electron chi connectivity index (χ2n) is 6.29. The summed E-state index contributed by atoms with van der Waals surface area (Å²) in [5.74, 6) is -0.353. The number of aromatic nitrogens is 2. The Morgan fingerprint density at radius 3 is 2.68 bits per heavy atom. The van der Waals surface area contributed by atoms with E-state index >= 15 is 0 Å². The molecule has 3 aromatic rings. The van der Waals surface area contributed by atoms with Crippen molar-refractivity contribution in [2.24, 2.45) is 11.0 Å². The van der Waals surface area contributed by atoms with Gasteiger partial charge in [-0.3, -0.25) is 10.2 Å². The van der Waals surface area contributed by atoms with Crippen molar-refractivity contribution in [3.05, 3.63) is 64.8 Å². The summed E-state index contributed by atoms with van der Waals surface area (Å²) in [6, 6.07) is 17.4. The van der Waals surface area contributed by atoms with Crippen molar-refractivity contribution in [2.45, 2.75) is 20.3 Å². The van der Waals surface area contributed by atoms with E-state index in [-0.39, 0.29) is 5.97 Å². The maximum absolute atomic E-state index is 12.5. The third kappa shape index (κ3) is 4.80. The minimum Gasteiger partial charge on any atom is -0.465 e. The molecule has 0 saturated heterocycles. The zero-order valence-corrected chi connectivity index (χ0v) is 16.6. The number of benzene rings is 2. The first-order valence-corrected chi connectivity index (χ1v) is 9.49. The number of carbonyl (C=O) groups is 1. The lowest BCUT2D eigenvalue weighted by Crippen LogP contribution is -2.27. The van der Waals surface area contributed by atoms with Crippen molar-refractivity contribution >= 4 is 40.8 Å². The zero-order chi connectivity index (χ0) is 19.9. The fourth-order valence-corrected chi connectivity index (χ4v) is 3.02. The molecule has 3 rings (SSSR count). The topological polar surface area (TPSA) is 79.4 Å². The minimum atomic E-state index is -0.493. The quantitative estimate of drug-likeness (QED) is 0.267. The summed E-state index contributed by atoms with van der Waals surface area (Å²) in [6.07, 6.45) is 0.509. The van der Waals surface area contributed by atoms with Crippen molar-refractivity contribution in [1.29, 1.82) is 0 Å². The number of hydrazone groups is 1. The van der Waals surface area contributed by atoms with Gasteiger partial charge >= 0.3 is 5.97 Å². The SMILES string of the molecule is CCOC(=O)[C@H](Cc1ccccc1)/C(C)=N/Nc1nc2ccccc2[nH]c1=S. The van der Waals surface area contributed by atoms with E-state index in [0.717, 1.165) is 16.6 Å². The van der Waals surface area contributed by atoms with Gasteiger partial charge in [0.15, 0.2) is 5.82 Å². The van der Waals surface area contributed by atoms with Crippen LogP contribution in [0.3, 0.4) is 0 Å². The van der Waals surface area contributed by atoms with E-state index in [9.17, 15) is 4.79 Å². The smallest absolute Gasteiger partial charge is 0.315 e. The molecule has 1 heterocycles. The maximum atomic E-state index is 12.5. The third-order valence-electron chi connectivity index (χ3n) is 4.30. The van der Waals surface area contributed by atoms with Crippen molar-refractivity contribution in [3.63, 3.8) is 0 Å². The van der Waals surface area contributed by atoms with Crippen LogP contribution in [0.1, 0.15) is 19.4 Å². The van der Waals surface area contributed by atoms with Crippen molar-refractivity contribution in [2.75, 3.05) is 12.0 Å². The van der Waals surface area contributed by atoms with E-state index in [2.05, 4.69) is 20.5 Å². The normalized spacial score (nSPS) is 12.6. The number of nitrogens with zero attached hydrogens (tertiary/aromatic N) is 2. The number of aromatic amines is 1. The molecule has 2 N–H and O–H groups in total. The second kappa shape index (κ2) is 9.23. The number of nitrogens with one attached hydrogen (secondary N) is 2. The van der Waals surface area contributed by atoms with Crippen molar-refractivity contribution < 1.29 is 9.53 Å². The Labute approximate surface area is 168 Å². The molecule has 0 aliphatic rings. The van der Waals surface area contributed by atoms with Crippen molar-refractivity contribution in [3.8, 4) is 0 Å². The van der Waals surface area contributed by atoms with Crippen LogP contribution in [0.4, 0.5) is 5.82 Å². The molecule has 0 radical (unpaired) electrons. The highest BCUT2D eigenvalue weighted by Crippen LogP contribution is 2.16. The van der Waals surface area contributed by atoms with Gasteiger partial charge in [-0.25, -0.2) is 4.98 Å². The Kier molecular flexibility index (Phi) is 6.49. The summed E-state index contributed by atoms with van der Waals surface area (Å²) in [5, 5.41) is 4.38. The van der Waals surface area contributed by atoms with Crippen LogP contribution in [0.25, 0.3) is 11.0 Å². The molecule has 0 aliphatic carbocycles. The summed E-state index contributed by atoms with van der Waals surface area (Å²) in [5.41, 5.74) is 6.17. The molecule has 7 heteroatoms. The lowest BCUT2D eigenvalue weighted by molar-refractivity contribution is -0.145. The number of esters is 1. The highest BCUT2D eigenvalue weighted by atomic mass is 32.1.